The van der Waals surface area contributed by atoms with Gasteiger partial charge in [-0.3, -0.25) is 9.59 Å². The molecule has 1 aliphatic rings. The lowest BCUT2D eigenvalue weighted by atomic mass is 10.0. The number of nitrogens with one attached hydrogen (secondary N) is 2. The zero-order valence-electron chi connectivity index (χ0n) is 20.4. The van der Waals surface area contributed by atoms with Crippen LogP contribution < -0.4 is 25.0 Å². The number of nitrogens with zero attached hydrogens (tertiary/aromatic N) is 2. The van der Waals surface area contributed by atoms with Crippen molar-refractivity contribution in [1.29, 1.82) is 5.26 Å². The minimum absolute atomic E-state index is 0.108. The average Bonchev–Trinajstić information content (AvgIpc) is 3.39. The van der Waals surface area contributed by atoms with Crippen LogP contribution in [0.4, 0.5) is 0 Å². The highest BCUT2D eigenvalue weighted by Gasteiger charge is 2.25. The van der Waals surface area contributed by atoms with Crippen molar-refractivity contribution >= 4 is 18.0 Å². The first-order valence-electron chi connectivity index (χ1n) is 11.7. The molecule has 0 aromatic heterocycles. The number of carbonyl (C=O) groups is 2. The molecule has 9 nitrogen and oxygen atoms in total. The van der Waals surface area contributed by atoms with Gasteiger partial charge in [-0.1, -0.05) is 44.2 Å². The van der Waals surface area contributed by atoms with E-state index in [4.69, 9.17) is 14.2 Å². The van der Waals surface area contributed by atoms with Crippen molar-refractivity contribution in [2.24, 2.45) is 11.0 Å². The standard InChI is InChI=1S/C28H26N4O5/c1-18(2)26(31-27(33)19-11-12-24-25(13-19)37-17-36-24)28(34)32-30-15-21-8-5-6-10-23(21)35-16-22-9-4-3-7-20(22)14-29/h3-13,15,18,26H,16-17H2,1-2H3,(H,31,33)(H,32,34)/b30-15-/t26-/m1/s1. The maximum atomic E-state index is 12.8. The highest BCUT2D eigenvalue weighted by molar-refractivity contribution is 5.98. The third-order valence-electron chi connectivity index (χ3n) is 5.69. The molecule has 0 aliphatic carbocycles. The lowest BCUT2D eigenvalue weighted by Gasteiger charge is -2.20. The van der Waals surface area contributed by atoms with Crippen molar-refractivity contribution in [3.05, 3.63) is 89.0 Å². The first-order valence-corrected chi connectivity index (χ1v) is 11.7. The summed E-state index contributed by atoms with van der Waals surface area (Å²) in [4.78, 5) is 25.6. The number of rotatable bonds is 9. The number of carbonyl (C=O) groups excluding carboxylic acids is 2. The maximum Gasteiger partial charge on any atom is 0.262 e. The van der Waals surface area contributed by atoms with Gasteiger partial charge in [0.05, 0.1) is 17.8 Å². The van der Waals surface area contributed by atoms with Gasteiger partial charge in [-0.25, -0.2) is 5.43 Å². The molecule has 2 N–H and O–H groups in total. The topological polar surface area (TPSA) is 122 Å². The summed E-state index contributed by atoms with van der Waals surface area (Å²) >= 11 is 0. The Labute approximate surface area is 214 Å². The normalized spacial score (nSPS) is 12.7. The molecule has 3 aromatic carbocycles. The molecule has 37 heavy (non-hydrogen) atoms. The zero-order valence-corrected chi connectivity index (χ0v) is 20.4. The molecule has 188 valence electrons. The fraction of sp³-hybridized carbons (Fsp3) is 0.214. The van der Waals surface area contributed by atoms with E-state index < -0.39 is 17.9 Å². The van der Waals surface area contributed by atoms with E-state index in [2.05, 4.69) is 21.9 Å². The van der Waals surface area contributed by atoms with Gasteiger partial charge in [0.2, 0.25) is 6.79 Å². The van der Waals surface area contributed by atoms with E-state index in [1.54, 1.807) is 42.5 Å². The predicted octanol–water partition coefficient (Wildman–Crippen LogP) is 3.77. The molecule has 1 atom stereocenters. The molecular formula is C28H26N4O5. The molecule has 0 radical (unpaired) electrons. The van der Waals surface area contributed by atoms with Crippen LogP contribution in [0.3, 0.4) is 0 Å². The van der Waals surface area contributed by atoms with E-state index in [0.29, 0.717) is 33.9 Å². The van der Waals surface area contributed by atoms with Crippen LogP contribution in [0.2, 0.25) is 0 Å². The number of hydrogen-bond donors (Lipinski definition) is 2. The summed E-state index contributed by atoms with van der Waals surface area (Å²) in [7, 11) is 0. The van der Waals surface area contributed by atoms with Gasteiger partial charge < -0.3 is 19.5 Å². The second kappa shape index (κ2) is 11.7. The number of hydrazone groups is 1. The molecule has 2 amide bonds. The Hall–Kier alpha value is -4.84. The number of hydrogen-bond acceptors (Lipinski definition) is 7. The van der Waals surface area contributed by atoms with Crippen LogP contribution in [0, 0.1) is 17.2 Å². The Bertz CT molecular complexity index is 1360. The zero-order chi connectivity index (χ0) is 26.2. The monoisotopic (exact) mass is 498 g/mol. The number of para-hydroxylation sites is 1. The summed E-state index contributed by atoms with van der Waals surface area (Å²) in [5.41, 5.74) is 4.81. The Morgan fingerprint density at radius 2 is 1.84 bits per heavy atom. The van der Waals surface area contributed by atoms with Gasteiger partial charge in [0, 0.05) is 16.7 Å². The van der Waals surface area contributed by atoms with Crippen LogP contribution in [0.25, 0.3) is 0 Å². The number of nitriles is 1. The maximum absolute atomic E-state index is 12.8. The number of benzene rings is 3. The second-order valence-corrected chi connectivity index (χ2v) is 8.59. The average molecular weight is 499 g/mol. The molecule has 0 saturated carbocycles. The Balaban J connectivity index is 1.38. The fourth-order valence-corrected chi connectivity index (χ4v) is 3.66. The van der Waals surface area contributed by atoms with Crippen molar-refractivity contribution in [2.75, 3.05) is 6.79 Å². The third kappa shape index (κ3) is 6.24. The Kier molecular flexibility index (Phi) is 8.01. The van der Waals surface area contributed by atoms with Crippen LogP contribution in [0.5, 0.6) is 17.2 Å². The molecular weight excluding hydrogens is 472 g/mol. The summed E-state index contributed by atoms with van der Waals surface area (Å²) < 4.78 is 16.5. The van der Waals surface area contributed by atoms with Gasteiger partial charge in [-0.2, -0.15) is 10.4 Å². The molecule has 4 rings (SSSR count). The van der Waals surface area contributed by atoms with Crippen molar-refractivity contribution in [3.63, 3.8) is 0 Å². The minimum Gasteiger partial charge on any atom is -0.488 e. The minimum atomic E-state index is -0.816. The van der Waals surface area contributed by atoms with Crippen molar-refractivity contribution in [3.8, 4) is 23.3 Å². The largest absolute Gasteiger partial charge is 0.488 e. The van der Waals surface area contributed by atoms with E-state index in [0.717, 1.165) is 5.56 Å². The van der Waals surface area contributed by atoms with Crippen LogP contribution >= 0.6 is 0 Å². The first-order chi connectivity index (χ1) is 18.0. The third-order valence-corrected chi connectivity index (χ3v) is 5.69. The smallest absolute Gasteiger partial charge is 0.262 e. The van der Waals surface area contributed by atoms with Crippen LogP contribution in [-0.2, 0) is 11.4 Å². The van der Waals surface area contributed by atoms with Gasteiger partial charge in [-0.15, -0.1) is 0 Å². The summed E-state index contributed by atoms with van der Waals surface area (Å²) in [6, 6.07) is 20.6. The van der Waals surface area contributed by atoms with Gasteiger partial charge in [0.1, 0.15) is 18.4 Å². The SMILES string of the molecule is CC(C)[C@@H](NC(=O)c1ccc2c(c1)OCO2)C(=O)N/N=C\c1ccccc1OCc1ccccc1C#N. The Morgan fingerprint density at radius 1 is 1.08 bits per heavy atom. The van der Waals surface area contributed by atoms with E-state index in [-0.39, 0.29) is 19.3 Å². The molecule has 0 bridgehead atoms. The number of fused-ring (bicyclic) bond motifs is 1. The van der Waals surface area contributed by atoms with Gasteiger partial charge in [0.25, 0.3) is 11.8 Å². The second-order valence-electron chi connectivity index (χ2n) is 8.59. The molecule has 0 fully saturated rings. The van der Waals surface area contributed by atoms with E-state index in [9.17, 15) is 14.9 Å². The van der Waals surface area contributed by atoms with Crippen LogP contribution in [0.1, 0.15) is 40.9 Å². The van der Waals surface area contributed by atoms with Crippen LogP contribution in [-0.4, -0.2) is 30.9 Å². The molecule has 3 aromatic rings. The number of ether oxygens (including phenoxy) is 3. The molecule has 9 heteroatoms. The Morgan fingerprint density at radius 3 is 2.65 bits per heavy atom. The lowest BCUT2D eigenvalue weighted by molar-refractivity contribution is -0.123. The van der Waals surface area contributed by atoms with Gasteiger partial charge in [0.15, 0.2) is 11.5 Å². The lowest BCUT2D eigenvalue weighted by Crippen LogP contribution is -2.48. The van der Waals surface area contributed by atoms with E-state index in [1.807, 2.05) is 38.1 Å². The van der Waals surface area contributed by atoms with Crippen LogP contribution in [0.15, 0.2) is 71.8 Å². The van der Waals surface area contributed by atoms with Crippen molar-refractivity contribution in [1.82, 2.24) is 10.7 Å². The van der Waals surface area contributed by atoms with Gasteiger partial charge in [-0.05, 0) is 42.3 Å². The molecule has 1 aliphatic heterocycles. The number of amides is 2. The first kappa shape index (κ1) is 25.3. The molecule has 1 heterocycles. The fourth-order valence-electron chi connectivity index (χ4n) is 3.66. The highest BCUT2D eigenvalue weighted by Crippen LogP contribution is 2.32. The molecule has 0 spiro atoms. The summed E-state index contributed by atoms with van der Waals surface area (Å²) in [6.45, 7) is 3.98. The van der Waals surface area contributed by atoms with Crippen molar-refractivity contribution < 1.29 is 23.8 Å². The highest BCUT2D eigenvalue weighted by atomic mass is 16.7. The van der Waals surface area contributed by atoms with E-state index >= 15 is 0 Å². The summed E-state index contributed by atoms with van der Waals surface area (Å²) in [5.74, 6) is 0.547. The van der Waals surface area contributed by atoms with E-state index in [1.165, 1.54) is 6.21 Å². The predicted molar refractivity (Wildman–Crippen MR) is 136 cm³/mol. The summed E-state index contributed by atoms with van der Waals surface area (Å²) in [5, 5.41) is 16.1. The summed E-state index contributed by atoms with van der Waals surface area (Å²) in [6.07, 6.45) is 1.47. The van der Waals surface area contributed by atoms with Gasteiger partial charge >= 0.3 is 0 Å². The van der Waals surface area contributed by atoms with Crippen molar-refractivity contribution in [2.45, 2.75) is 26.5 Å². The molecule has 0 saturated heterocycles. The molecule has 0 unspecified atom stereocenters. The quantitative estimate of drug-likeness (QED) is 0.342.